The monoisotopic (exact) mass is 199 g/mol. The SMILES string of the molecule is CC1CCC(CN2CCCC(O)C2)O1. The number of piperidine rings is 1. The molecule has 3 unspecified atom stereocenters. The maximum Gasteiger partial charge on any atom is 0.0706 e. The summed E-state index contributed by atoms with van der Waals surface area (Å²) in [5.41, 5.74) is 0. The number of ether oxygens (including phenoxy) is 1. The molecule has 0 bridgehead atoms. The summed E-state index contributed by atoms with van der Waals surface area (Å²) >= 11 is 0. The third kappa shape index (κ3) is 2.69. The van der Waals surface area contributed by atoms with Gasteiger partial charge in [-0.3, -0.25) is 4.90 Å². The van der Waals surface area contributed by atoms with Crippen LogP contribution in [0.1, 0.15) is 32.6 Å². The van der Waals surface area contributed by atoms with E-state index in [2.05, 4.69) is 11.8 Å². The van der Waals surface area contributed by atoms with Crippen molar-refractivity contribution >= 4 is 0 Å². The van der Waals surface area contributed by atoms with Gasteiger partial charge in [0.25, 0.3) is 0 Å². The molecule has 1 N–H and O–H groups in total. The van der Waals surface area contributed by atoms with Crippen LogP contribution < -0.4 is 0 Å². The lowest BCUT2D eigenvalue weighted by atomic mass is 10.1. The van der Waals surface area contributed by atoms with Crippen LogP contribution >= 0.6 is 0 Å². The van der Waals surface area contributed by atoms with E-state index in [1.807, 2.05) is 0 Å². The van der Waals surface area contributed by atoms with Gasteiger partial charge in [-0.2, -0.15) is 0 Å². The smallest absolute Gasteiger partial charge is 0.0706 e. The van der Waals surface area contributed by atoms with Gasteiger partial charge >= 0.3 is 0 Å². The predicted octanol–water partition coefficient (Wildman–Crippen LogP) is 1.01. The maximum atomic E-state index is 9.52. The van der Waals surface area contributed by atoms with Crippen molar-refractivity contribution in [3.05, 3.63) is 0 Å². The first-order valence-corrected chi connectivity index (χ1v) is 5.80. The fourth-order valence-electron chi connectivity index (χ4n) is 2.50. The average molecular weight is 199 g/mol. The lowest BCUT2D eigenvalue weighted by molar-refractivity contribution is 0.00655. The molecule has 0 spiro atoms. The first-order valence-electron chi connectivity index (χ1n) is 5.80. The Hall–Kier alpha value is -0.120. The van der Waals surface area contributed by atoms with E-state index in [1.165, 1.54) is 12.8 Å². The Bertz CT molecular complexity index is 186. The van der Waals surface area contributed by atoms with Crippen LogP contribution in [0.2, 0.25) is 0 Å². The van der Waals surface area contributed by atoms with Gasteiger partial charge in [0.1, 0.15) is 0 Å². The minimum atomic E-state index is -0.109. The highest BCUT2D eigenvalue weighted by Crippen LogP contribution is 2.21. The van der Waals surface area contributed by atoms with Gasteiger partial charge in [-0.05, 0) is 39.2 Å². The standard InChI is InChI=1S/C11H21NO2/c1-9-4-5-11(14-9)8-12-6-2-3-10(13)7-12/h9-11,13H,2-8H2,1H3. The van der Waals surface area contributed by atoms with Crippen LogP contribution in [-0.2, 0) is 4.74 Å². The van der Waals surface area contributed by atoms with Crippen LogP contribution in [0.15, 0.2) is 0 Å². The fourth-order valence-corrected chi connectivity index (χ4v) is 2.50. The number of rotatable bonds is 2. The van der Waals surface area contributed by atoms with Crippen LogP contribution in [0.25, 0.3) is 0 Å². The molecule has 0 aromatic heterocycles. The van der Waals surface area contributed by atoms with E-state index in [9.17, 15) is 5.11 Å². The van der Waals surface area contributed by atoms with E-state index in [0.717, 1.165) is 32.5 Å². The summed E-state index contributed by atoms with van der Waals surface area (Å²) in [6.45, 7) is 5.13. The highest BCUT2D eigenvalue weighted by molar-refractivity contribution is 4.78. The summed E-state index contributed by atoms with van der Waals surface area (Å²) in [5, 5.41) is 9.52. The average Bonchev–Trinajstić information content (AvgIpc) is 2.51. The normalized spacial score (nSPS) is 40.3. The lowest BCUT2D eigenvalue weighted by Gasteiger charge is -2.31. The van der Waals surface area contributed by atoms with E-state index < -0.39 is 0 Å². The first kappa shape index (κ1) is 10.4. The summed E-state index contributed by atoms with van der Waals surface area (Å²) in [6, 6.07) is 0. The Balaban J connectivity index is 1.74. The number of likely N-dealkylation sites (tertiary alicyclic amines) is 1. The lowest BCUT2D eigenvalue weighted by Crippen LogP contribution is -2.42. The third-order valence-electron chi connectivity index (χ3n) is 3.26. The number of β-amino-alcohol motifs (C(OH)–C–C–N with tert-alkyl or cyclic N) is 1. The van der Waals surface area contributed by atoms with Crippen molar-refractivity contribution in [3.8, 4) is 0 Å². The van der Waals surface area contributed by atoms with E-state index >= 15 is 0 Å². The topological polar surface area (TPSA) is 32.7 Å². The molecule has 0 radical (unpaired) electrons. The molecule has 2 aliphatic heterocycles. The van der Waals surface area contributed by atoms with Gasteiger partial charge in [0.15, 0.2) is 0 Å². The summed E-state index contributed by atoms with van der Waals surface area (Å²) in [5.74, 6) is 0. The van der Waals surface area contributed by atoms with Crippen molar-refractivity contribution in [1.82, 2.24) is 4.90 Å². The first-order chi connectivity index (χ1) is 6.74. The zero-order valence-corrected chi connectivity index (χ0v) is 8.98. The minimum Gasteiger partial charge on any atom is -0.392 e. The van der Waals surface area contributed by atoms with Crippen molar-refractivity contribution in [2.24, 2.45) is 0 Å². The molecule has 0 aromatic rings. The molecular weight excluding hydrogens is 178 g/mol. The molecule has 3 heteroatoms. The van der Waals surface area contributed by atoms with E-state index in [0.29, 0.717) is 12.2 Å². The molecule has 0 aromatic carbocycles. The molecule has 2 aliphatic rings. The Morgan fingerprint density at radius 2 is 2.21 bits per heavy atom. The zero-order valence-electron chi connectivity index (χ0n) is 8.98. The number of aliphatic hydroxyl groups is 1. The predicted molar refractivity (Wildman–Crippen MR) is 55.2 cm³/mol. The van der Waals surface area contributed by atoms with Crippen molar-refractivity contribution in [1.29, 1.82) is 0 Å². The van der Waals surface area contributed by atoms with Crippen LogP contribution in [0.5, 0.6) is 0 Å². The summed E-state index contributed by atoms with van der Waals surface area (Å²) < 4.78 is 5.78. The molecule has 0 saturated carbocycles. The van der Waals surface area contributed by atoms with Crippen molar-refractivity contribution in [2.45, 2.75) is 50.9 Å². The maximum absolute atomic E-state index is 9.52. The molecule has 14 heavy (non-hydrogen) atoms. The van der Waals surface area contributed by atoms with E-state index in [-0.39, 0.29) is 6.10 Å². The highest BCUT2D eigenvalue weighted by atomic mass is 16.5. The van der Waals surface area contributed by atoms with Crippen LogP contribution in [0.3, 0.4) is 0 Å². The van der Waals surface area contributed by atoms with E-state index in [1.54, 1.807) is 0 Å². The quantitative estimate of drug-likeness (QED) is 0.720. The molecule has 82 valence electrons. The van der Waals surface area contributed by atoms with Crippen molar-refractivity contribution in [2.75, 3.05) is 19.6 Å². The van der Waals surface area contributed by atoms with Crippen LogP contribution in [0.4, 0.5) is 0 Å². The molecule has 2 fully saturated rings. The van der Waals surface area contributed by atoms with Gasteiger partial charge in [0, 0.05) is 13.1 Å². The number of hydrogen-bond donors (Lipinski definition) is 1. The van der Waals surface area contributed by atoms with Crippen LogP contribution in [0, 0.1) is 0 Å². The summed E-state index contributed by atoms with van der Waals surface area (Å²) in [4.78, 5) is 2.34. The van der Waals surface area contributed by atoms with Crippen LogP contribution in [-0.4, -0.2) is 48.0 Å². The molecule has 3 atom stereocenters. The Labute approximate surface area is 86.0 Å². The van der Waals surface area contributed by atoms with Gasteiger partial charge in [-0.15, -0.1) is 0 Å². The van der Waals surface area contributed by atoms with E-state index in [4.69, 9.17) is 4.74 Å². The second kappa shape index (κ2) is 4.60. The number of aliphatic hydroxyl groups excluding tert-OH is 1. The molecular formula is C11H21NO2. The number of hydrogen-bond acceptors (Lipinski definition) is 3. The Morgan fingerprint density at radius 1 is 1.36 bits per heavy atom. The number of nitrogens with zero attached hydrogens (tertiary/aromatic N) is 1. The molecule has 0 aliphatic carbocycles. The fraction of sp³-hybridized carbons (Fsp3) is 1.00. The van der Waals surface area contributed by atoms with Gasteiger partial charge in [0.2, 0.25) is 0 Å². The second-order valence-electron chi connectivity index (χ2n) is 4.70. The zero-order chi connectivity index (χ0) is 9.97. The Kier molecular flexibility index (Phi) is 3.42. The van der Waals surface area contributed by atoms with Gasteiger partial charge in [-0.1, -0.05) is 0 Å². The highest BCUT2D eigenvalue weighted by Gasteiger charge is 2.26. The van der Waals surface area contributed by atoms with Gasteiger partial charge in [-0.25, -0.2) is 0 Å². The van der Waals surface area contributed by atoms with Gasteiger partial charge in [0.05, 0.1) is 18.3 Å². The van der Waals surface area contributed by atoms with Crippen molar-refractivity contribution < 1.29 is 9.84 Å². The summed E-state index contributed by atoms with van der Waals surface area (Å²) in [6.07, 6.45) is 5.23. The minimum absolute atomic E-state index is 0.109. The molecule has 0 amide bonds. The molecule has 2 rings (SSSR count). The Morgan fingerprint density at radius 3 is 2.86 bits per heavy atom. The molecule has 2 saturated heterocycles. The molecule has 2 heterocycles. The second-order valence-corrected chi connectivity index (χ2v) is 4.70. The third-order valence-corrected chi connectivity index (χ3v) is 3.26. The molecule has 3 nitrogen and oxygen atoms in total. The van der Waals surface area contributed by atoms with Crippen molar-refractivity contribution in [3.63, 3.8) is 0 Å². The van der Waals surface area contributed by atoms with Gasteiger partial charge < -0.3 is 9.84 Å². The summed E-state index contributed by atoms with van der Waals surface area (Å²) in [7, 11) is 0. The largest absolute Gasteiger partial charge is 0.392 e.